The first kappa shape index (κ1) is 14.0. The number of hydrogen-bond donors (Lipinski definition) is 2. The predicted molar refractivity (Wildman–Crippen MR) is 65.0 cm³/mol. The van der Waals surface area contributed by atoms with Gasteiger partial charge in [0.2, 0.25) is 0 Å². The lowest BCUT2D eigenvalue weighted by molar-refractivity contribution is 0.287. The third-order valence-corrected chi connectivity index (χ3v) is 1.88. The van der Waals surface area contributed by atoms with Crippen molar-refractivity contribution in [2.24, 2.45) is 5.84 Å². The van der Waals surface area contributed by atoms with E-state index >= 15 is 0 Å². The summed E-state index contributed by atoms with van der Waals surface area (Å²) in [6, 6.07) is 7.52. The van der Waals surface area contributed by atoms with E-state index in [-0.39, 0.29) is 17.6 Å². The molecule has 0 spiro atoms. The lowest BCUT2D eigenvalue weighted by Gasteiger charge is -2.06. The fourth-order valence-electron chi connectivity index (χ4n) is 0.912. The number of methoxy groups -OCH3 is 1. The standard InChI is InChI=1S/C9H12N2O2S.ClH/c1-12-8-4-2-7(3-5-8)6-13-9(14)11-10;/h2-5H,6,10H2,1H3,(H,11,14);1H. The fraction of sp³-hybridized carbons (Fsp3) is 0.222. The molecule has 0 fully saturated rings. The Kier molecular flexibility index (Phi) is 6.77. The van der Waals surface area contributed by atoms with Crippen molar-refractivity contribution in [1.29, 1.82) is 0 Å². The highest BCUT2D eigenvalue weighted by Gasteiger charge is 1.96. The molecule has 1 aromatic carbocycles. The Labute approximate surface area is 100 Å². The van der Waals surface area contributed by atoms with Crippen LogP contribution in [0.15, 0.2) is 24.3 Å². The lowest BCUT2D eigenvalue weighted by atomic mass is 10.2. The molecule has 0 aromatic heterocycles. The van der Waals surface area contributed by atoms with Gasteiger partial charge >= 0.3 is 0 Å². The van der Waals surface area contributed by atoms with E-state index in [0.717, 1.165) is 11.3 Å². The third kappa shape index (κ3) is 4.83. The molecule has 0 aliphatic heterocycles. The summed E-state index contributed by atoms with van der Waals surface area (Å²) in [6.07, 6.45) is 0. The number of hydrazine groups is 1. The zero-order valence-electron chi connectivity index (χ0n) is 8.23. The summed E-state index contributed by atoms with van der Waals surface area (Å²) in [4.78, 5) is 0. The summed E-state index contributed by atoms with van der Waals surface area (Å²) in [7, 11) is 1.62. The van der Waals surface area contributed by atoms with Crippen LogP contribution in [0.5, 0.6) is 5.75 Å². The minimum atomic E-state index is 0. The maximum atomic E-state index is 5.11. The molecular formula is C9H13ClN2O2S. The van der Waals surface area contributed by atoms with Gasteiger partial charge in [0, 0.05) is 0 Å². The number of rotatable bonds is 3. The van der Waals surface area contributed by atoms with E-state index in [1.54, 1.807) is 7.11 Å². The van der Waals surface area contributed by atoms with Crippen LogP contribution >= 0.6 is 24.6 Å². The van der Waals surface area contributed by atoms with Crippen LogP contribution in [-0.4, -0.2) is 12.3 Å². The largest absolute Gasteiger partial charge is 0.497 e. The summed E-state index contributed by atoms with van der Waals surface area (Å²) >= 11 is 4.72. The molecule has 0 radical (unpaired) electrons. The number of hydrogen-bond acceptors (Lipinski definition) is 4. The van der Waals surface area contributed by atoms with Crippen molar-refractivity contribution in [3.63, 3.8) is 0 Å². The van der Waals surface area contributed by atoms with Gasteiger partial charge in [0.05, 0.1) is 7.11 Å². The van der Waals surface area contributed by atoms with Crippen molar-refractivity contribution in [1.82, 2.24) is 5.43 Å². The van der Waals surface area contributed by atoms with Crippen molar-refractivity contribution in [3.05, 3.63) is 29.8 Å². The van der Waals surface area contributed by atoms with Gasteiger partial charge in [-0.05, 0) is 29.9 Å². The Morgan fingerprint density at radius 2 is 2.00 bits per heavy atom. The van der Waals surface area contributed by atoms with E-state index in [2.05, 4.69) is 5.43 Å². The van der Waals surface area contributed by atoms with Crippen LogP contribution in [0.25, 0.3) is 0 Å². The second kappa shape index (κ2) is 7.28. The Hall–Kier alpha value is -1.04. The van der Waals surface area contributed by atoms with Gasteiger partial charge in [-0.2, -0.15) is 0 Å². The maximum Gasteiger partial charge on any atom is 0.271 e. The Morgan fingerprint density at radius 3 is 2.47 bits per heavy atom. The first-order valence-corrected chi connectivity index (χ1v) is 4.43. The quantitative estimate of drug-likeness (QED) is 0.481. The minimum absolute atomic E-state index is 0. The van der Waals surface area contributed by atoms with Crippen LogP contribution in [0.2, 0.25) is 0 Å². The highest BCUT2D eigenvalue weighted by molar-refractivity contribution is 7.80. The first-order valence-electron chi connectivity index (χ1n) is 4.02. The topological polar surface area (TPSA) is 56.5 Å². The van der Waals surface area contributed by atoms with Gasteiger partial charge in [-0.25, -0.2) is 5.84 Å². The molecule has 0 aliphatic rings. The molecule has 0 atom stereocenters. The molecule has 1 aromatic rings. The molecule has 0 saturated carbocycles. The Morgan fingerprint density at radius 1 is 1.40 bits per heavy atom. The predicted octanol–water partition coefficient (Wildman–Crippen LogP) is 1.38. The van der Waals surface area contributed by atoms with Crippen LogP contribution in [0.1, 0.15) is 5.56 Å². The van der Waals surface area contributed by atoms with Gasteiger partial charge in [0.25, 0.3) is 5.17 Å². The van der Waals surface area contributed by atoms with E-state index in [4.69, 9.17) is 27.5 Å². The molecule has 0 aliphatic carbocycles. The maximum absolute atomic E-state index is 5.11. The number of nitrogens with one attached hydrogen (secondary N) is 1. The van der Waals surface area contributed by atoms with E-state index in [0.29, 0.717) is 6.61 Å². The van der Waals surface area contributed by atoms with Crippen molar-refractivity contribution in [3.8, 4) is 5.75 Å². The number of halogens is 1. The average molecular weight is 249 g/mol. The fourth-order valence-corrected chi connectivity index (χ4v) is 0.971. The van der Waals surface area contributed by atoms with E-state index in [1.807, 2.05) is 24.3 Å². The van der Waals surface area contributed by atoms with E-state index < -0.39 is 0 Å². The SMILES string of the molecule is COc1ccc(COC(=S)NN)cc1.Cl. The van der Waals surface area contributed by atoms with Crippen molar-refractivity contribution in [2.45, 2.75) is 6.61 Å². The molecule has 0 amide bonds. The van der Waals surface area contributed by atoms with E-state index in [9.17, 15) is 0 Å². The molecule has 0 saturated heterocycles. The van der Waals surface area contributed by atoms with Crippen LogP contribution in [0, 0.1) is 0 Å². The molecule has 84 valence electrons. The summed E-state index contributed by atoms with van der Waals surface area (Å²) in [5, 5.41) is 0.181. The Bertz CT molecular complexity index is 305. The molecule has 3 N–H and O–H groups in total. The molecule has 15 heavy (non-hydrogen) atoms. The zero-order valence-corrected chi connectivity index (χ0v) is 9.86. The van der Waals surface area contributed by atoms with Gasteiger partial charge < -0.3 is 9.47 Å². The Balaban J connectivity index is 0.00000196. The number of nitrogens with two attached hydrogens (primary N) is 1. The monoisotopic (exact) mass is 248 g/mol. The zero-order chi connectivity index (χ0) is 10.4. The van der Waals surface area contributed by atoms with Crippen molar-refractivity contribution >= 4 is 29.8 Å². The van der Waals surface area contributed by atoms with Crippen LogP contribution < -0.4 is 16.0 Å². The summed E-state index contributed by atoms with van der Waals surface area (Å²) in [5.41, 5.74) is 3.25. The molecule has 1 rings (SSSR count). The minimum Gasteiger partial charge on any atom is -0.497 e. The van der Waals surface area contributed by atoms with Gasteiger partial charge in [0.1, 0.15) is 12.4 Å². The number of thiocarbonyl (C=S) groups is 1. The van der Waals surface area contributed by atoms with Gasteiger partial charge in [-0.15, -0.1) is 12.4 Å². The van der Waals surface area contributed by atoms with Crippen LogP contribution in [0.3, 0.4) is 0 Å². The van der Waals surface area contributed by atoms with Crippen LogP contribution in [-0.2, 0) is 11.3 Å². The average Bonchev–Trinajstić information content (AvgIpc) is 2.26. The summed E-state index contributed by atoms with van der Waals surface area (Å²) < 4.78 is 10.1. The number of benzene rings is 1. The van der Waals surface area contributed by atoms with Gasteiger partial charge in [-0.1, -0.05) is 12.1 Å². The molecule has 0 unspecified atom stereocenters. The second-order valence-electron chi connectivity index (χ2n) is 2.57. The highest BCUT2D eigenvalue weighted by atomic mass is 35.5. The molecule has 4 nitrogen and oxygen atoms in total. The first-order chi connectivity index (χ1) is 6.76. The van der Waals surface area contributed by atoms with E-state index in [1.165, 1.54) is 0 Å². The molecule has 0 heterocycles. The third-order valence-electron chi connectivity index (χ3n) is 1.65. The summed E-state index contributed by atoms with van der Waals surface area (Å²) in [5.74, 6) is 5.86. The second-order valence-corrected chi connectivity index (χ2v) is 2.94. The van der Waals surface area contributed by atoms with Gasteiger partial charge in [0.15, 0.2) is 0 Å². The van der Waals surface area contributed by atoms with Crippen molar-refractivity contribution in [2.75, 3.05) is 7.11 Å². The lowest BCUT2D eigenvalue weighted by Crippen LogP contribution is -2.30. The molecular weight excluding hydrogens is 236 g/mol. The highest BCUT2D eigenvalue weighted by Crippen LogP contribution is 2.11. The van der Waals surface area contributed by atoms with Gasteiger partial charge in [-0.3, -0.25) is 5.43 Å². The number of ether oxygens (including phenoxy) is 2. The smallest absolute Gasteiger partial charge is 0.271 e. The normalized spacial score (nSPS) is 8.67. The molecule has 0 bridgehead atoms. The van der Waals surface area contributed by atoms with Crippen LogP contribution in [0.4, 0.5) is 0 Å². The summed E-state index contributed by atoms with van der Waals surface area (Å²) in [6.45, 7) is 0.396. The molecule has 6 heteroatoms. The van der Waals surface area contributed by atoms with Crippen molar-refractivity contribution < 1.29 is 9.47 Å².